The van der Waals surface area contributed by atoms with Crippen LogP contribution in [0.2, 0.25) is 0 Å². The molecule has 0 fully saturated rings. The highest BCUT2D eigenvalue weighted by atomic mass is 16.5. The SMILES string of the molecule is CCCN(Cc1nc(C(=O)OC)co1)C(=O)CC(C)CC(C)(C)C. The van der Waals surface area contributed by atoms with Gasteiger partial charge in [0, 0.05) is 13.0 Å². The molecule has 0 bridgehead atoms. The molecule has 1 rings (SSSR count). The molecule has 0 aliphatic rings. The summed E-state index contributed by atoms with van der Waals surface area (Å²) in [5, 5.41) is 0. The minimum Gasteiger partial charge on any atom is -0.464 e. The lowest BCUT2D eigenvalue weighted by Crippen LogP contribution is -2.33. The normalized spacial score (nSPS) is 12.8. The van der Waals surface area contributed by atoms with E-state index in [4.69, 9.17) is 4.42 Å². The third-order valence-corrected chi connectivity index (χ3v) is 3.60. The van der Waals surface area contributed by atoms with Gasteiger partial charge >= 0.3 is 5.97 Å². The molecule has 1 unspecified atom stereocenters. The molecule has 0 N–H and O–H groups in total. The second kappa shape index (κ2) is 8.85. The first-order chi connectivity index (χ1) is 11.2. The zero-order valence-corrected chi connectivity index (χ0v) is 15.7. The Morgan fingerprint density at radius 3 is 2.58 bits per heavy atom. The van der Waals surface area contributed by atoms with Crippen LogP contribution in [0.5, 0.6) is 0 Å². The number of hydrogen-bond acceptors (Lipinski definition) is 5. The van der Waals surface area contributed by atoms with Crippen LogP contribution in [0, 0.1) is 11.3 Å². The van der Waals surface area contributed by atoms with Crippen molar-refractivity contribution in [1.29, 1.82) is 0 Å². The van der Waals surface area contributed by atoms with E-state index in [9.17, 15) is 9.59 Å². The Balaban J connectivity index is 2.70. The van der Waals surface area contributed by atoms with Gasteiger partial charge in [-0.2, -0.15) is 0 Å². The molecule has 1 aromatic rings. The van der Waals surface area contributed by atoms with Gasteiger partial charge in [-0.15, -0.1) is 0 Å². The van der Waals surface area contributed by atoms with Gasteiger partial charge in [-0.3, -0.25) is 4.79 Å². The van der Waals surface area contributed by atoms with Crippen molar-refractivity contribution in [3.63, 3.8) is 0 Å². The summed E-state index contributed by atoms with van der Waals surface area (Å²) in [5.41, 5.74) is 0.324. The molecule has 1 atom stereocenters. The predicted octanol–water partition coefficient (Wildman–Crippen LogP) is 3.66. The first-order valence-electron chi connectivity index (χ1n) is 8.46. The second-order valence-corrected chi connectivity index (χ2v) is 7.51. The maximum atomic E-state index is 12.6. The number of amides is 1. The molecule has 0 aliphatic heterocycles. The zero-order chi connectivity index (χ0) is 18.3. The molecule has 1 amide bonds. The third-order valence-electron chi connectivity index (χ3n) is 3.60. The van der Waals surface area contributed by atoms with Gasteiger partial charge in [-0.1, -0.05) is 34.6 Å². The summed E-state index contributed by atoms with van der Waals surface area (Å²) in [5.74, 6) is 0.205. The molecule has 0 saturated carbocycles. The predicted molar refractivity (Wildman–Crippen MR) is 91.4 cm³/mol. The van der Waals surface area contributed by atoms with Gasteiger partial charge in [0.25, 0.3) is 0 Å². The fraction of sp³-hybridized carbons (Fsp3) is 0.722. The molecule has 24 heavy (non-hydrogen) atoms. The molecular weight excluding hydrogens is 308 g/mol. The van der Waals surface area contributed by atoms with E-state index in [1.807, 2.05) is 6.92 Å². The molecular formula is C18H30N2O4. The van der Waals surface area contributed by atoms with Crippen LogP contribution >= 0.6 is 0 Å². The van der Waals surface area contributed by atoms with Gasteiger partial charge < -0.3 is 14.1 Å². The van der Waals surface area contributed by atoms with Crippen molar-refractivity contribution in [3.8, 4) is 0 Å². The highest BCUT2D eigenvalue weighted by Gasteiger charge is 2.22. The van der Waals surface area contributed by atoms with Crippen LogP contribution in [0.15, 0.2) is 10.7 Å². The monoisotopic (exact) mass is 338 g/mol. The molecule has 136 valence electrons. The van der Waals surface area contributed by atoms with E-state index in [-0.39, 0.29) is 23.6 Å². The summed E-state index contributed by atoms with van der Waals surface area (Å²) >= 11 is 0. The van der Waals surface area contributed by atoms with Gasteiger partial charge in [0.05, 0.1) is 13.7 Å². The number of aromatic nitrogens is 1. The van der Waals surface area contributed by atoms with E-state index in [0.717, 1.165) is 12.8 Å². The summed E-state index contributed by atoms with van der Waals surface area (Å²) in [6.07, 6.45) is 3.61. The van der Waals surface area contributed by atoms with Gasteiger partial charge in [0.2, 0.25) is 11.8 Å². The van der Waals surface area contributed by atoms with Crippen molar-refractivity contribution in [2.75, 3.05) is 13.7 Å². The smallest absolute Gasteiger partial charge is 0.360 e. The molecule has 0 spiro atoms. The van der Waals surface area contributed by atoms with Crippen LogP contribution in [-0.4, -0.2) is 35.4 Å². The second-order valence-electron chi connectivity index (χ2n) is 7.51. The molecule has 6 nitrogen and oxygen atoms in total. The minimum atomic E-state index is -0.544. The van der Waals surface area contributed by atoms with Crippen molar-refractivity contribution in [2.45, 2.75) is 60.4 Å². The number of esters is 1. The standard InChI is InChI=1S/C18H30N2O4/c1-7-8-20(16(21)9-13(2)10-18(3,4)5)11-15-19-14(12-24-15)17(22)23-6/h12-13H,7-11H2,1-6H3. The number of rotatable bonds is 8. The van der Waals surface area contributed by atoms with E-state index in [1.54, 1.807) is 4.90 Å². The molecule has 1 aromatic heterocycles. The zero-order valence-electron chi connectivity index (χ0n) is 15.7. The van der Waals surface area contributed by atoms with E-state index in [1.165, 1.54) is 13.4 Å². The summed E-state index contributed by atoms with van der Waals surface area (Å²) in [6.45, 7) is 11.6. The van der Waals surface area contributed by atoms with Crippen LogP contribution in [0.3, 0.4) is 0 Å². The Labute approximate surface area is 144 Å². The summed E-state index contributed by atoms with van der Waals surface area (Å²) in [4.78, 5) is 29.9. The number of methoxy groups -OCH3 is 1. The number of nitrogens with zero attached hydrogens (tertiary/aromatic N) is 2. The lowest BCUT2D eigenvalue weighted by Gasteiger charge is -2.26. The fourth-order valence-corrected chi connectivity index (χ4v) is 2.85. The first-order valence-corrected chi connectivity index (χ1v) is 8.46. The van der Waals surface area contributed by atoms with Crippen molar-refractivity contribution in [1.82, 2.24) is 9.88 Å². The number of oxazole rings is 1. The largest absolute Gasteiger partial charge is 0.464 e. The van der Waals surface area contributed by atoms with E-state index in [0.29, 0.717) is 24.8 Å². The summed E-state index contributed by atoms with van der Waals surface area (Å²) in [6, 6.07) is 0. The van der Waals surface area contributed by atoms with Crippen LogP contribution in [0.1, 0.15) is 70.3 Å². The lowest BCUT2D eigenvalue weighted by atomic mass is 9.84. The van der Waals surface area contributed by atoms with Crippen molar-refractivity contribution < 1.29 is 18.7 Å². The summed E-state index contributed by atoms with van der Waals surface area (Å²) < 4.78 is 9.90. The number of carbonyl (C=O) groups is 2. The van der Waals surface area contributed by atoms with E-state index in [2.05, 4.69) is 37.4 Å². The van der Waals surface area contributed by atoms with Gasteiger partial charge in [0.15, 0.2) is 5.69 Å². The average molecular weight is 338 g/mol. The van der Waals surface area contributed by atoms with Crippen LogP contribution in [-0.2, 0) is 16.1 Å². The maximum Gasteiger partial charge on any atom is 0.360 e. The topological polar surface area (TPSA) is 72.6 Å². The Morgan fingerprint density at radius 2 is 2.04 bits per heavy atom. The molecule has 0 saturated heterocycles. The van der Waals surface area contributed by atoms with Gasteiger partial charge in [-0.05, 0) is 24.2 Å². The number of hydrogen-bond donors (Lipinski definition) is 0. The number of carbonyl (C=O) groups excluding carboxylic acids is 2. The van der Waals surface area contributed by atoms with Crippen LogP contribution in [0.4, 0.5) is 0 Å². The molecule has 6 heteroatoms. The van der Waals surface area contributed by atoms with Gasteiger partial charge in [0.1, 0.15) is 6.26 Å². The maximum absolute atomic E-state index is 12.6. The van der Waals surface area contributed by atoms with E-state index >= 15 is 0 Å². The molecule has 0 aromatic carbocycles. The fourth-order valence-electron chi connectivity index (χ4n) is 2.85. The minimum absolute atomic E-state index is 0.0893. The molecule has 1 heterocycles. The molecule has 0 aliphatic carbocycles. The Bertz CT molecular complexity index is 545. The quantitative estimate of drug-likeness (QED) is 0.676. The van der Waals surface area contributed by atoms with Crippen molar-refractivity contribution in [3.05, 3.63) is 17.8 Å². The first kappa shape index (κ1) is 20.2. The van der Waals surface area contributed by atoms with Crippen LogP contribution in [0.25, 0.3) is 0 Å². The van der Waals surface area contributed by atoms with E-state index < -0.39 is 5.97 Å². The summed E-state index contributed by atoms with van der Waals surface area (Å²) in [7, 11) is 1.29. The average Bonchev–Trinajstić information content (AvgIpc) is 2.92. The van der Waals surface area contributed by atoms with Crippen LogP contribution < -0.4 is 0 Å². The highest BCUT2D eigenvalue weighted by Crippen LogP contribution is 2.26. The Morgan fingerprint density at radius 1 is 1.38 bits per heavy atom. The van der Waals surface area contributed by atoms with Crippen molar-refractivity contribution in [2.24, 2.45) is 11.3 Å². The number of ether oxygens (including phenoxy) is 1. The third kappa shape index (κ3) is 6.72. The lowest BCUT2D eigenvalue weighted by molar-refractivity contribution is -0.133. The molecule has 0 radical (unpaired) electrons. The van der Waals surface area contributed by atoms with Crippen molar-refractivity contribution >= 4 is 11.9 Å². The Hall–Kier alpha value is -1.85. The highest BCUT2D eigenvalue weighted by molar-refractivity contribution is 5.86. The van der Waals surface area contributed by atoms with Gasteiger partial charge in [-0.25, -0.2) is 9.78 Å². The Kier molecular flexibility index (Phi) is 7.45.